The summed E-state index contributed by atoms with van der Waals surface area (Å²) in [6.07, 6.45) is 1.50. The summed E-state index contributed by atoms with van der Waals surface area (Å²) in [6.45, 7) is 0.0757. The second-order valence-corrected chi connectivity index (χ2v) is 6.91. The van der Waals surface area contributed by atoms with Crippen LogP contribution in [0.3, 0.4) is 0 Å². The second-order valence-electron chi connectivity index (χ2n) is 6.48. The van der Waals surface area contributed by atoms with Gasteiger partial charge in [-0.3, -0.25) is 9.36 Å². The van der Waals surface area contributed by atoms with Crippen LogP contribution in [0.5, 0.6) is 0 Å². The normalized spacial score (nSPS) is 20.0. The molecule has 1 fully saturated rings. The third-order valence-electron chi connectivity index (χ3n) is 4.76. The molecule has 1 amide bonds. The Balaban J connectivity index is 1.72. The number of β-amino-alcohol motifs (C(OH)–C–C–N with tert-alkyl or cyclic N) is 1. The predicted octanol–water partition coefficient (Wildman–Crippen LogP) is 2.25. The SMILES string of the molecule is O=C(c1ccc2ncn(-c3ccc(Cl)cc3)c2c1)N1C[C@H](O)C[C@H]1CO. The molecule has 0 unspecified atom stereocenters. The molecule has 134 valence electrons. The molecular weight excluding hydrogens is 354 g/mol. The van der Waals surface area contributed by atoms with E-state index in [1.54, 1.807) is 36.7 Å². The van der Waals surface area contributed by atoms with Gasteiger partial charge in [0.15, 0.2) is 0 Å². The number of hydrogen-bond donors (Lipinski definition) is 2. The first kappa shape index (κ1) is 17.0. The maximum Gasteiger partial charge on any atom is 0.254 e. The van der Waals surface area contributed by atoms with Gasteiger partial charge in [-0.2, -0.15) is 0 Å². The summed E-state index contributed by atoms with van der Waals surface area (Å²) >= 11 is 5.95. The molecule has 2 N–H and O–H groups in total. The van der Waals surface area contributed by atoms with Crippen LogP contribution in [0.15, 0.2) is 48.8 Å². The summed E-state index contributed by atoms with van der Waals surface area (Å²) in [5.74, 6) is -0.202. The van der Waals surface area contributed by atoms with E-state index in [-0.39, 0.29) is 25.1 Å². The first-order valence-electron chi connectivity index (χ1n) is 8.40. The minimum absolute atomic E-state index is 0.159. The Kier molecular flexibility index (Phi) is 4.40. The van der Waals surface area contributed by atoms with Crippen LogP contribution >= 0.6 is 11.6 Å². The van der Waals surface area contributed by atoms with Crippen molar-refractivity contribution in [2.24, 2.45) is 0 Å². The van der Waals surface area contributed by atoms with Gasteiger partial charge in [-0.25, -0.2) is 4.98 Å². The number of aliphatic hydroxyl groups excluding tert-OH is 2. The number of amides is 1. The minimum Gasteiger partial charge on any atom is -0.394 e. The number of halogens is 1. The number of carbonyl (C=O) groups is 1. The van der Waals surface area contributed by atoms with Crippen LogP contribution < -0.4 is 0 Å². The largest absolute Gasteiger partial charge is 0.394 e. The fourth-order valence-electron chi connectivity index (χ4n) is 3.43. The van der Waals surface area contributed by atoms with Gasteiger partial charge in [0.25, 0.3) is 5.91 Å². The topological polar surface area (TPSA) is 78.6 Å². The Morgan fingerprint density at radius 1 is 1.23 bits per heavy atom. The molecule has 2 atom stereocenters. The van der Waals surface area contributed by atoms with Crippen LogP contribution in [0.4, 0.5) is 0 Å². The van der Waals surface area contributed by atoms with Gasteiger partial charge in [-0.05, 0) is 48.9 Å². The summed E-state index contributed by atoms with van der Waals surface area (Å²) in [4.78, 5) is 18.8. The van der Waals surface area contributed by atoms with Crippen LogP contribution in [-0.4, -0.2) is 55.9 Å². The van der Waals surface area contributed by atoms with Crippen LogP contribution in [0.1, 0.15) is 16.8 Å². The molecule has 6 nitrogen and oxygen atoms in total. The van der Waals surface area contributed by atoms with Crippen molar-refractivity contribution in [3.8, 4) is 5.69 Å². The average Bonchev–Trinajstić information content (AvgIpc) is 3.24. The number of carbonyl (C=O) groups excluding carboxylic acids is 1. The smallest absolute Gasteiger partial charge is 0.254 e. The lowest BCUT2D eigenvalue weighted by Crippen LogP contribution is -2.37. The molecule has 1 aliphatic heterocycles. The number of rotatable bonds is 3. The number of likely N-dealkylation sites (tertiary alicyclic amines) is 1. The molecule has 2 aromatic carbocycles. The number of imidazole rings is 1. The Hall–Kier alpha value is -2.41. The van der Waals surface area contributed by atoms with E-state index in [0.717, 1.165) is 16.7 Å². The van der Waals surface area contributed by atoms with Gasteiger partial charge < -0.3 is 15.1 Å². The quantitative estimate of drug-likeness (QED) is 0.740. The Bertz CT molecular complexity index is 954. The molecule has 1 aliphatic rings. The molecule has 0 saturated carbocycles. The van der Waals surface area contributed by atoms with Crippen molar-refractivity contribution in [2.45, 2.75) is 18.6 Å². The van der Waals surface area contributed by atoms with Crippen molar-refractivity contribution < 1.29 is 15.0 Å². The lowest BCUT2D eigenvalue weighted by molar-refractivity contribution is 0.0665. The molecule has 4 rings (SSSR count). The zero-order valence-corrected chi connectivity index (χ0v) is 14.7. The highest BCUT2D eigenvalue weighted by Gasteiger charge is 2.34. The number of hydrogen-bond acceptors (Lipinski definition) is 4. The highest BCUT2D eigenvalue weighted by Crippen LogP contribution is 2.24. The van der Waals surface area contributed by atoms with Crippen molar-refractivity contribution in [1.82, 2.24) is 14.5 Å². The van der Waals surface area contributed by atoms with E-state index in [9.17, 15) is 15.0 Å². The molecule has 0 bridgehead atoms. The third-order valence-corrected chi connectivity index (χ3v) is 5.01. The lowest BCUT2D eigenvalue weighted by atomic mass is 10.1. The van der Waals surface area contributed by atoms with Crippen molar-refractivity contribution in [2.75, 3.05) is 13.2 Å². The van der Waals surface area contributed by atoms with E-state index in [0.29, 0.717) is 17.0 Å². The highest BCUT2D eigenvalue weighted by atomic mass is 35.5. The summed E-state index contributed by atoms with van der Waals surface area (Å²) in [5.41, 5.74) is 2.97. The predicted molar refractivity (Wildman–Crippen MR) is 98.6 cm³/mol. The fraction of sp³-hybridized carbons (Fsp3) is 0.263. The molecule has 3 aromatic rings. The molecule has 1 saturated heterocycles. The van der Waals surface area contributed by atoms with E-state index in [2.05, 4.69) is 4.98 Å². The highest BCUT2D eigenvalue weighted by molar-refractivity contribution is 6.30. The monoisotopic (exact) mass is 371 g/mol. The molecular formula is C19H18ClN3O3. The Morgan fingerprint density at radius 3 is 2.73 bits per heavy atom. The van der Waals surface area contributed by atoms with Gasteiger partial charge in [0, 0.05) is 22.8 Å². The molecule has 26 heavy (non-hydrogen) atoms. The maximum absolute atomic E-state index is 12.9. The van der Waals surface area contributed by atoms with Gasteiger partial charge in [0.05, 0.1) is 29.8 Å². The first-order chi connectivity index (χ1) is 12.6. The summed E-state index contributed by atoms with van der Waals surface area (Å²) in [6, 6.07) is 12.3. The molecule has 2 heterocycles. The number of benzene rings is 2. The Morgan fingerprint density at radius 2 is 2.00 bits per heavy atom. The standard InChI is InChI=1S/C19H18ClN3O3/c20-13-2-4-14(5-3-13)23-11-21-17-6-1-12(7-18(17)23)19(26)22-9-16(25)8-15(22)10-24/h1-7,11,15-16,24-25H,8-10H2/t15-,16+/m0/s1. The van der Waals surface area contributed by atoms with E-state index in [1.807, 2.05) is 16.7 Å². The fourth-order valence-corrected chi connectivity index (χ4v) is 3.55. The molecule has 7 heteroatoms. The molecule has 0 aliphatic carbocycles. The number of aliphatic hydroxyl groups is 2. The first-order valence-corrected chi connectivity index (χ1v) is 8.77. The second kappa shape index (κ2) is 6.72. The lowest BCUT2D eigenvalue weighted by Gasteiger charge is -2.22. The molecule has 0 radical (unpaired) electrons. The van der Waals surface area contributed by atoms with E-state index in [4.69, 9.17) is 11.6 Å². The van der Waals surface area contributed by atoms with Crippen LogP contribution in [-0.2, 0) is 0 Å². The van der Waals surface area contributed by atoms with Gasteiger partial charge in [0.1, 0.15) is 6.33 Å². The van der Waals surface area contributed by atoms with Gasteiger partial charge in [-0.1, -0.05) is 11.6 Å². The zero-order chi connectivity index (χ0) is 18.3. The van der Waals surface area contributed by atoms with Crippen molar-refractivity contribution in [3.05, 3.63) is 59.4 Å². The number of aromatic nitrogens is 2. The van der Waals surface area contributed by atoms with Gasteiger partial charge in [-0.15, -0.1) is 0 Å². The van der Waals surface area contributed by atoms with E-state index >= 15 is 0 Å². The van der Waals surface area contributed by atoms with E-state index in [1.165, 1.54) is 4.90 Å². The Labute approximate surface area is 155 Å². The maximum atomic E-state index is 12.9. The third kappa shape index (κ3) is 2.96. The average molecular weight is 372 g/mol. The summed E-state index contributed by atoms with van der Waals surface area (Å²) in [5, 5.41) is 19.9. The summed E-state index contributed by atoms with van der Waals surface area (Å²) in [7, 11) is 0. The van der Waals surface area contributed by atoms with E-state index < -0.39 is 6.10 Å². The van der Waals surface area contributed by atoms with Gasteiger partial charge >= 0.3 is 0 Å². The molecule has 0 spiro atoms. The van der Waals surface area contributed by atoms with Crippen LogP contribution in [0.2, 0.25) is 5.02 Å². The number of fused-ring (bicyclic) bond motifs is 1. The van der Waals surface area contributed by atoms with Crippen molar-refractivity contribution in [1.29, 1.82) is 0 Å². The van der Waals surface area contributed by atoms with Crippen molar-refractivity contribution in [3.63, 3.8) is 0 Å². The zero-order valence-electron chi connectivity index (χ0n) is 13.9. The van der Waals surface area contributed by atoms with Gasteiger partial charge in [0.2, 0.25) is 0 Å². The minimum atomic E-state index is -0.598. The van der Waals surface area contributed by atoms with Crippen LogP contribution in [0.25, 0.3) is 16.7 Å². The summed E-state index contributed by atoms with van der Waals surface area (Å²) < 4.78 is 1.89. The van der Waals surface area contributed by atoms with Crippen molar-refractivity contribution >= 4 is 28.5 Å². The number of nitrogens with zero attached hydrogens (tertiary/aromatic N) is 3. The van der Waals surface area contributed by atoms with Crippen LogP contribution in [0, 0.1) is 0 Å². The molecule has 1 aromatic heterocycles.